The fraction of sp³-hybridized carbons (Fsp3) is 0.269. The number of nitrogens with one attached hydrogen (secondary N) is 2. The maximum absolute atomic E-state index is 12.5. The number of allylic oxidation sites excluding steroid dienone is 2. The SMILES string of the molecule is COCCNC(=O)c1ccc2c(c1)C1C=CCC1C(c1cccc3ccccc13)N2. The summed E-state index contributed by atoms with van der Waals surface area (Å²) in [5.41, 5.74) is 4.38. The van der Waals surface area contributed by atoms with E-state index in [0.29, 0.717) is 30.6 Å². The van der Waals surface area contributed by atoms with Crippen molar-refractivity contribution in [1.82, 2.24) is 5.32 Å². The number of methoxy groups -OCH3 is 1. The van der Waals surface area contributed by atoms with Crippen molar-refractivity contribution in [3.05, 3.63) is 89.5 Å². The third-order valence-electron chi connectivity index (χ3n) is 6.38. The largest absolute Gasteiger partial charge is 0.383 e. The van der Waals surface area contributed by atoms with Crippen molar-refractivity contribution in [2.24, 2.45) is 5.92 Å². The summed E-state index contributed by atoms with van der Waals surface area (Å²) in [5, 5.41) is 9.30. The number of hydrogen-bond acceptors (Lipinski definition) is 3. The van der Waals surface area contributed by atoms with Crippen LogP contribution >= 0.6 is 0 Å². The van der Waals surface area contributed by atoms with E-state index in [1.165, 1.54) is 21.9 Å². The molecule has 3 atom stereocenters. The van der Waals surface area contributed by atoms with Crippen molar-refractivity contribution in [3.8, 4) is 0 Å². The summed E-state index contributed by atoms with van der Waals surface area (Å²) in [7, 11) is 1.63. The van der Waals surface area contributed by atoms with Gasteiger partial charge in [-0.2, -0.15) is 0 Å². The summed E-state index contributed by atoms with van der Waals surface area (Å²) >= 11 is 0. The minimum Gasteiger partial charge on any atom is -0.383 e. The molecular weight excluding hydrogens is 372 g/mol. The number of rotatable bonds is 5. The van der Waals surface area contributed by atoms with E-state index in [0.717, 1.165) is 12.1 Å². The van der Waals surface area contributed by atoms with Gasteiger partial charge in [0.2, 0.25) is 0 Å². The summed E-state index contributed by atoms with van der Waals surface area (Å²) in [6.07, 6.45) is 5.64. The molecule has 3 aromatic rings. The molecule has 5 rings (SSSR count). The number of carbonyl (C=O) groups excluding carboxylic acids is 1. The highest BCUT2D eigenvalue weighted by Crippen LogP contribution is 2.50. The van der Waals surface area contributed by atoms with Gasteiger partial charge in [0.15, 0.2) is 0 Å². The Labute approximate surface area is 176 Å². The van der Waals surface area contributed by atoms with Crippen LogP contribution in [0.25, 0.3) is 10.8 Å². The molecule has 3 aromatic carbocycles. The van der Waals surface area contributed by atoms with Gasteiger partial charge in [0.05, 0.1) is 12.6 Å². The Bertz CT molecular complexity index is 1120. The van der Waals surface area contributed by atoms with Gasteiger partial charge in [0.1, 0.15) is 0 Å². The highest BCUT2D eigenvalue weighted by molar-refractivity contribution is 5.95. The molecule has 1 aliphatic carbocycles. The van der Waals surface area contributed by atoms with Crippen molar-refractivity contribution in [2.75, 3.05) is 25.6 Å². The fourth-order valence-electron chi connectivity index (χ4n) is 4.93. The first-order valence-corrected chi connectivity index (χ1v) is 10.6. The molecule has 0 fully saturated rings. The molecule has 1 amide bonds. The first-order valence-electron chi connectivity index (χ1n) is 10.6. The van der Waals surface area contributed by atoms with Crippen LogP contribution in [0.5, 0.6) is 0 Å². The zero-order valence-corrected chi connectivity index (χ0v) is 17.1. The number of ether oxygens (including phenoxy) is 1. The van der Waals surface area contributed by atoms with Crippen LogP contribution in [0.3, 0.4) is 0 Å². The minimum absolute atomic E-state index is 0.0513. The highest BCUT2D eigenvalue weighted by Gasteiger charge is 2.38. The van der Waals surface area contributed by atoms with Crippen LogP contribution in [0.1, 0.15) is 39.9 Å². The fourth-order valence-corrected chi connectivity index (χ4v) is 4.93. The first-order chi connectivity index (χ1) is 14.8. The smallest absolute Gasteiger partial charge is 0.251 e. The maximum Gasteiger partial charge on any atom is 0.251 e. The summed E-state index contributed by atoms with van der Waals surface area (Å²) in [6.45, 7) is 1.03. The quantitative estimate of drug-likeness (QED) is 0.467. The normalized spacial score (nSPS) is 21.7. The first kappa shape index (κ1) is 18.9. The van der Waals surface area contributed by atoms with Crippen molar-refractivity contribution in [1.29, 1.82) is 0 Å². The van der Waals surface area contributed by atoms with Crippen LogP contribution in [0.4, 0.5) is 5.69 Å². The predicted molar refractivity (Wildman–Crippen MR) is 121 cm³/mol. The number of benzene rings is 3. The predicted octanol–water partition coefficient (Wildman–Crippen LogP) is 5.04. The molecule has 0 bridgehead atoms. The van der Waals surface area contributed by atoms with Crippen LogP contribution in [-0.2, 0) is 4.74 Å². The summed E-state index contributed by atoms with van der Waals surface area (Å²) in [5.74, 6) is 0.705. The van der Waals surface area contributed by atoms with E-state index in [1.807, 2.05) is 6.07 Å². The second kappa shape index (κ2) is 7.96. The Morgan fingerprint density at radius 1 is 1.10 bits per heavy atom. The van der Waals surface area contributed by atoms with E-state index in [2.05, 4.69) is 77.4 Å². The Hall–Kier alpha value is -3.11. The zero-order valence-electron chi connectivity index (χ0n) is 17.1. The van der Waals surface area contributed by atoms with Crippen LogP contribution in [0.2, 0.25) is 0 Å². The van der Waals surface area contributed by atoms with E-state index >= 15 is 0 Å². The lowest BCUT2D eigenvalue weighted by Gasteiger charge is -2.38. The van der Waals surface area contributed by atoms with Crippen molar-refractivity contribution >= 4 is 22.4 Å². The van der Waals surface area contributed by atoms with Crippen molar-refractivity contribution in [2.45, 2.75) is 18.4 Å². The van der Waals surface area contributed by atoms with E-state index in [1.54, 1.807) is 7.11 Å². The Morgan fingerprint density at radius 2 is 1.97 bits per heavy atom. The molecular formula is C26H26N2O2. The Balaban J connectivity index is 1.50. The Morgan fingerprint density at radius 3 is 2.87 bits per heavy atom. The molecule has 0 radical (unpaired) electrons. The molecule has 2 aliphatic rings. The molecule has 4 heteroatoms. The van der Waals surface area contributed by atoms with Gasteiger partial charge in [0.25, 0.3) is 5.91 Å². The van der Waals surface area contributed by atoms with Gasteiger partial charge < -0.3 is 15.4 Å². The lowest BCUT2D eigenvalue weighted by molar-refractivity contribution is 0.0937. The molecule has 0 spiro atoms. The third-order valence-corrected chi connectivity index (χ3v) is 6.38. The van der Waals surface area contributed by atoms with Crippen LogP contribution in [-0.4, -0.2) is 26.2 Å². The lowest BCUT2D eigenvalue weighted by atomic mass is 9.76. The Kier molecular flexibility index (Phi) is 5.01. The molecule has 1 aliphatic heterocycles. The van der Waals surface area contributed by atoms with Crippen LogP contribution in [0.15, 0.2) is 72.8 Å². The van der Waals surface area contributed by atoms with Gasteiger partial charge in [-0.15, -0.1) is 0 Å². The number of hydrogen-bond donors (Lipinski definition) is 2. The lowest BCUT2D eigenvalue weighted by Crippen LogP contribution is -2.30. The summed E-state index contributed by atoms with van der Waals surface area (Å²) in [4.78, 5) is 12.5. The van der Waals surface area contributed by atoms with E-state index in [9.17, 15) is 4.79 Å². The number of carbonyl (C=O) groups is 1. The van der Waals surface area contributed by atoms with E-state index in [-0.39, 0.29) is 11.9 Å². The molecule has 152 valence electrons. The standard InChI is InChI=1S/C26H26N2O2/c1-30-15-14-27-26(29)18-12-13-24-23(16-18)20-9-5-11-22(20)25(28-24)21-10-4-7-17-6-2-3-8-19(17)21/h2-10,12-13,16,20,22,25,28H,11,14-15H2,1H3,(H,27,29). The average molecular weight is 399 g/mol. The second-order valence-corrected chi connectivity index (χ2v) is 8.09. The molecule has 0 saturated carbocycles. The summed E-state index contributed by atoms with van der Waals surface area (Å²) in [6, 6.07) is 21.4. The monoisotopic (exact) mass is 398 g/mol. The third kappa shape index (κ3) is 3.27. The van der Waals surface area contributed by atoms with E-state index in [4.69, 9.17) is 4.74 Å². The van der Waals surface area contributed by atoms with Crippen LogP contribution in [0, 0.1) is 5.92 Å². The molecule has 0 aromatic heterocycles. The van der Waals surface area contributed by atoms with E-state index < -0.39 is 0 Å². The van der Waals surface area contributed by atoms with Gasteiger partial charge in [-0.1, -0.05) is 54.6 Å². The summed E-state index contributed by atoms with van der Waals surface area (Å²) < 4.78 is 5.03. The van der Waals surface area contributed by atoms with Gasteiger partial charge in [-0.05, 0) is 52.4 Å². The van der Waals surface area contributed by atoms with Crippen LogP contribution < -0.4 is 10.6 Å². The minimum atomic E-state index is -0.0513. The maximum atomic E-state index is 12.5. The van der Waals surface area contributed by atoms with Gasteiger partial charge in [0, 0.05) is 30.8 Å². The van der Waals surface area contributed by atoms with Gasteiger partial charge >= 0.3 is 0 Å². The number of amides is 1. The second-order valence-electron chi connectivity index (χ2n) is 8.09. The molecule has 2 N–H and O–H groups in total. The molecule has 3 unspecified atom stereocenters. The number of fused-ring (bicyclic) bond motifs is 4. The molecule has 1 heterocycles. The van der Waals surface area contributed by atoms with Crippen molar-refractivity contribution < 1.29 is 9.53 Å². The number of anilines is 1. The molecule has 30 heavy (non-hydrogen) atoms. The topological polar surface area (TPSA) is 50.4 Å². The molecule has 0 saturated heterocycles. The zero-order chi connectivity index (χ0) is 20.5. The molecule has 4 nitrogen and oxygen atoms in total. The van der Waals surface area contributed by atoms with Gasteiger partial charge in [-0.25, -0.2) is 0 Å². The van der Waals surface area contributed by atoms with Crippen molar-refractivity contribution in [3.63, 3.8) is 0 Å². The average Bonchev–Trinajstić information content (AvgIpc) is 3.28. The highest BCUT2D eigenvalue weighted by atomic mass is 16.5. The van der Waals surface area contributed by atoms with Gasteiger partial charge in [-0.3, -0.25) is 4.79 Å².